The lowest BCUT2D eigenvalue weighted by atomic mass is 9.89. The normalized spacial score (nSPS) is 13.2. The number of carbonyl (C=O) groups excluding carboxylic acids is 1. The van der Waals surface area contributed by atoms with Crippen molar-refractivity contribution in [1.29, 1.82) is 0 Å². The van der Waals surface area contributed by atoms with Crippen LogP contribution in [0.25, 0.3) is 0 Å². The van der Waals surface area contributed by atoms with E-state index in [0.29, 0.717) is 31.0 Å². The standard InChI is InChI=1S/C14H24N2O3/c1-9(2)12(8-11(18)6-5-7-17)14-16-15-13(19-14)10(3)4/h9-10,12,17H,5-8H2,1-4H3. The van der Waals surface area contributed by atoms with Gasteiger partial charge >= 0.3 is 0 Å². The maximum atomic E-state index is 11.8. The summed E-state index contributed by atoms with van der Waals surface area (Å²) in [4.78, 5) is 11.8. The van der Waals surface area contributed by atoms with Crippen molar-refractivity contribution in [2.75, 3.05) is 6.61 Å². The molecule has 0 amide bonds. The van der Waals surface area contributed by atoms with Crippen molar-refractivity contribution < 1.29 is 14.3 Å². The second-order valence-electron chi connectivity index (χ2n) is 5.55. The minimum absolute atomic E-state index is 0.0359. The van der Waals surface area contributed by atoms with Crippen LogP contribution in [0, 0.1) is 5.92 Å². The predicted octanol–water partition coefficient (Wildman–Crippen LogP) is 2.66. The zero-order valence-corrected chi connectivity index (χ0v) is 12.2. The van der Waals surface area contributed by atoms with Crippen molar-refractivity contribution in [3.63, 3.8) is 0 Å². The van der Waals surface area contributed by atoms with Gasteiger partial charge in [0.15, 0.2) is 0 Å². The fraction of sp³-hybridized carbons (Fsp3) is 0.786. The largest absolute Gasteiger partial charge is 0.425 e. The highest BCUT2D eigenvalue weighted by molar-refractivity contribution is 5.79. The summed E-state index contributed by atoms with van der Waals surface area (Å²) in [7, 11) is 0. The van der Waals surface area contributed by atoms with Gasteiger partial charge in [0.1, 0.15) is 5.78 Å². The van der Waals surface area contributed by atoms with Gasteiger partial charge in [-0.05, 0) is 12.3 Å². The van der Waals surface area contributed by atoms with E-state index in [1.807, 2.05) is 27.7 Å². The molecule has 19 heavy (non-hydrogen) atoms. The summed E-state index contributed by atoms with van der Waals surface area (Å²) >= 11 is 0. The number of carbonyl (C=O) groups is 1. The molecule has 5 heteroatoms. The molecule has 0 radical (unpaired) electrons. The van der Waals surface area contributed by atoms with Gasteiger partial charge in [0, 0.05) is 31.3 Å². The van der Waals surface area contributed by atoms with Crippen molar-refractivity contribution in [2.45, 2.75) is 58.8 Å². The van der Waals surface area contributed by atoms with E-state index in [-0.39, 0.29) is 30.1 Å². The number of nitrogens with zero attached hydrogens (tertiary/aromatic N) is 2. The van der Waals surface area contributed by atoms with E-state index in [0.717, 1.165) is 0 Å². The van der Waals surface area contributed by atoms with E-state index in [2.05, 4.69) is 10.2 Å². The van der Waals surface area contributed by atoms with E-state index < -0.39 is 0 Å². The van der Waals surface area contributed by atoms with Crippen molar-refractivity contribution >= 4 is 5.78 Å². The molecule has 1 rings (SSSR count). The molecule has 0 aromatic carbocycles. The van der Waals surface area contributed by atoms with Crippen LogP contribution in [0.1, 0.15) is 70.6 Å². The van der Waals surface area contributed by atoms with Gasteiger partial charge in [-0.15, -0.1) is 10.2 Å². The fourth-order valence-electron chi connectivity index (χ4n) is 1.86. The smallest absolute Gasteiger partial charge is 0.220 e. The molecule has 1 heterocycles. The van der Waals surface area contributed by atoms with Gasteiger partial charge in [-0.1, -0.05) is 27.7 Å². The summed E-state index contributed by atoms with van der Waals surface area (Å²) in [5, 5.41) is 16.8. The fourth-order valence-corrected chi connectivity index (χ4v) is 1.86. The third-order valence-corrected chi connectivity index (χ3v) is 3.13. The summed E-state index contributed by atoms with van der Waals surface area (Å²) in [6.07, 6.45) is 1.33. The van der Waals surface area contributed by atoms with E-state index >= 15 is 0 Å². The van der Waals surface area contributed by atoms with E-state index in [1.54, 1.807) is 0 Å². The molecule has 0 aliphatic heterocycles. The molecule has 1 N–H and O–H groups in total. The van der Waals surface area contributed by atoms with Crippen LogP contribution in [-0.4, -0.2) is 27.7 Å². The minimum atomic E-state index is -0.0359. The molecule has 1 aromatic heterocycles. The number of aromatic nitrogens is 2. The van der Waals surface area contributed by atoms with Gasteiger partial charge in [-0.2, -0.15) is 0 Å². The molecular formula is C14H24N2O3. The predicted molar refractivity (Wildman–Crippen MR) is 71.9 cm³/mol. The lowest BCUT2D eigenvalue weighted by molar-refractivity contribution is -0.120. The van der Waals surface area contributed by atoms with Crippen molar-refractivity contribution in [2.24, 2.45) is 5.92 Å². The zero-order valence-electron chi connectivity index (χ0n) is 12.2. The van der Waals surface area contributed by atoms with Crippen LogP contribution in [-0.2, 0) is 4.79 Å². The molecule has 0 fully saturated rings. The summed E-state index contributed by atoms with van der Waals surface area (Å²) in [5.74, 6) is 1.72. The molecule has 0 spiro atoms. The summed E-state index contributed by atoms with van der Waals surface area (Å²) < 4.78 is 5.65. The van der Waals surface area contributed by atoms with E-state index in [1.165, 1.54) is 0 Å². The lowest BCUT2D eigenvalue weighted by Crippen LogP contribution is -2.13. The summed E-state index contributed by atoms with van der Waals surface area (Å²) in [6, 6.07) is 0. The van der Waals surface area contributed by atoms with Gasteiger partial charge in [0.2, 0.25) is 11.8 Å². The Hall–Kier alpha value is -1.23. The van der Waals surface area contributed by atoms with Crippen molar-refractivity contribution in [1.82, 2.24) is 10.2 Å². The molecule has 108 valence electrons. The zero-order chi connectivity index (χ0) is 14.4. The van der Waals surface area contributed by atoms with Crippen LogP contribution < -0.4 is 0 Å². The quantitative estimate of drug-likeness (QED) is 0.784. The average Bonchev–Trinajstić information content (AvgIpc) is 2.82. The van der Waals surface area contributed by atoms with Crippen LogP contribution >= 0.6 is 0 Å². The first kappa shape index (κ1) is 15.8. The highest BCUT2D eigenvalue weighted by atomic mass is 16.4. The van der Waals surface area contributed by atoms with Gasteiger partial charge in [0.05, 0.1) is 0 Å². The molecule has 0 aliphatic rings. The number of aliphatic hydroxyl groups is 1. The van der Waals surface area contributed by atoms with Crippen LogP contribution in [0.5, 0.6) is 0 Å². The number of Topliss-reactive ketones (excluding diaryl/α,β-unsaturated/α-hetero) is 1. The highest BCUT2D eigenvalue weighted by Gasteiger charge is 2.25. The Morgan fingerprint density at radius 2 is 1.84 bits per heavy atom. The Labute approximate surface area is 114 Å². The summed E-state index contributed by atoms with van der Waals surface area (Å²) in [5.41, 5.74) is 0. The molecule has 0 aliphatic carbocycles. The molecule has 1 unspecified atom stereocenters. The second-order valence-corrected chi connectivity index (χ2v) is 5.55. The average molecular weight is 268 g/mol. The SMILES string of the molecule is CC(C)c1nnc(C(CC(=O)CCCO)C(C)C)o1. The minimum Gasteiger partial charge on any atom is -0.425 e. The molecule has 5 nitrogen and oxygen atoms in total. The number of hydrogen-bond acceptors (Lipinski definition) is 5. The van der Waals surface area contributed by atoms with Crippen molar-refractivity contribution in [3.8, 4) is 0 Å². The first-order valence-corrected chi connectivity index (χ1v) is 6.91. The third kappa shape index (κ3) is 4.74. The maximum absolute atomic E-state index is 11.8. The van der Waals surface area contributed by atoms with Crippen LogP contribution in [0.3, 0.4) is 0 Å². The Kier molecular flexibility index (Phi) is 6.15. The molecule has 1 aromatic rings. The van der Waals surface area contributed by atoms with Crippen molar-refractivity contribution in [3.05, 3.63) is 11.8 Å². The molecule has 0 saturated carbocycles. The number of hydrogen-bond donors (Lipinski definition) is 1. The number of ketones is 1. The van der Waals surface area contributed by atoms with Gasteiger partial charge in [-0.25, -0.2) is 0 Å². The summed E-state index contributed by atoms with van der Waals surface area (Å²) in [6.45, 7) is 8.13. The topological polar surface area (TPSA) is 76.2 Å². The number of rotatable bonds is 8. The Morgan fingerprint density at radius 1 is 1.21 bits per heavy atom. The lowest BCUT2D eigenvalue weighted by Gasteiger charge is -2.16. The van der Waals surface area contributed by atoms with Crippen LogP contribution in [0.2, 0.25) is 0 Å². The first-order valence-electron chi connectivity index (χ1n) is 6.91. The van der Waals surface area contributed by atoms with E-state index in [9.17, 15) is 4.79 Å². The maximum Gasteiger partial charge on any atom is 0.220 e. The van der Waals surface area contributed by atoms with Gasteiger partial charge in [-0.3, -0.25) is 4.79 Å². The van der Waals surface area contributed by atoms with Crippen LogP contribution in [0.4, 0.5) is 0 Å². The molecule has 0 bridgehead atoms. The van der Waals surface area contributed by atoms with Gasteiger partial charge in [0.25, 0.3) is 0 Å². The third-order valence-electron chi connectivity index (χ3n) is 3.13. The Bertz CT molecular complexity index is 399. The molecule has 0 saturated heterocycles. The Morgan fingerprint density at radius 3 is 2.32 bits per heavy atom. The number of aliphatic hydroxyl groups excluding tert-OH is 1. The molecular weight excluding hydrogens is 244 g/mol. The first-order chi connectivity index (χ1) is 8.95. The highest BCUT2D eigenvalue weighted by Crippen LogP contribution is 2.29. The van der Waals surface area contributed by atoms with Crippen LogP contribution in [0.15, 0.2) is 4.42 Å². The van der Waals surface area contributed by atoms with Gasteiger partial charge < -0.3 is 9.52 Å². The van der Waals surface area contributed by atoms with E-state index in [4.69, 9.17) is 9.52 Å². The Balaban J connectivity index is 2.73. The monoisotopic (exact) mass is 268 g/mol. The molecule has 1 atom stereocenters. The second kappa shape index (κ2) is 7.38.